The van der Waals surface area contributed by atoms with Crippen molar-refractivity contribution in [3.05, 3.63) is 22.6 Å². The van der Waals surface area contributed by atoms with Crippen LogP contribution < -0.4 is 5.32 Å². The summed E-state index contributed by atoms with van der Waals surface area (Å²) >= 11 is 0. The van der Waals surface area contributed by atoms with E-state index in [0.717, 1.165) is 39.9 Å². The third kappa shape index (κ3) is 1.85. The van der Waals surface area contributed by atoms with Gasteiger partial charge in [-0.05, 0) is 27.7 Å². The summed E-state index contributed by atoms with van der Waals surface area (Å²) in [5, 5.41) is 7.52. The molecule has 0 spiro atoms. The minimum absolute atomic E-state index is 0.741. The SMILES string of the molecule is CNc1nc(-c2c(C)nn(C)c2C)nc(C)c1C. The van der Waals surface area contributed by atoms with Crippen LogP contribution in [0.4, 0.5) is 5.82 Å². The van der Waals surface area contributed by atoms with Crippen LogP contribution in [0.2, 0.25) is 0 Å². The number of rotatable bonds is 2. The minimum Gasteiger partial charge on any atom is -0.373 e. The van der Waals surface area contributed by atoms with E-state index >= 15 is 0 Å². The van der Waals surface area contributed by atoms with E-state index in [2.05, 4.69) is 20.4 Å². The first-order valence-corrected chi connectivity index (χ1v) is 5.99. The van der Waals surface area contributed by atoms with Gasteiger partial charge in [-0.1, -0.05) is 0 Å². The van der Waals surface area contributed by atoms with E-state index in [9.17, 15) is 0 Å². The molecule has 2 aromatic rings. The summed E-state index contributed by atoms with van der Waals surface area (Å²) in [5.74, 6) is 1.62. The van der Waals surface area contributed by atoms with Crippen molar-refractivity contribution in [2.45, 2.75) is 27.7 Å². The molecule has 2 heterocycles. The minimum atomic E-state index is 0.741. The Hall–Kier alpha value is -1.91. The highest BCUT2D eigenvalue weighted by atomic mass is 15.3. The van der Waals surface area contributed by atoms with Gasteiger partial charge < -0.3 is 5.32 Å². The van der Waals surface area contributed by atoms with E-state index in [1.807, 2.05) is 46.5 Å². The molecule has 0 saturated carbocycles. The van der Waals surface area contributed by atoms with E-state index in [0.29, 0.717) is 0 Å². The molecule has 96 valence electrons. The van der Waals surface area contributed by atoms with E-state index < -0.39 is 0 Å². The van der Waals surface area contributed by atoms with Crippen molar-refractivity contribution >= 4 is 5.82 Å². The maximum atomic E-state index is 4.58. The molecule has 0 atom stereocenters. The molecular formula is C13H19N5. The van der Waals surface area contributed by atoms with Gasteiger partial charge >= 0.3 is 0 Å². The average Bonchev–Trinajstić information content (AvgIpc) is 2.57. The highest BCUT2D eigenvalue weighted by molar-refractivity contribution is 5.64. The van der Waals surface area contributed by atoms with Crippen molar-refractivity contribution in [3.63, 3.8) is 0 Å². The predicted molar refractivity (Wildman–Crippen MR) is 72.7 cm³/mol. The van der Waals surface area contributed by atoms with Crippen molar-refractivity contribution in [1.82, 2.24) is 19.7 Å². The lowest BCUT2D eigenvalue weighted by Gasteiger charge is -2.09. The first kappa shape index (κ1) is 12.5. The molecule has 0 unspecified atom stereocenters. The first-order chi connectivity index (χ1) is 8.45. The van der Waals surface area contributed by atoms with Crippen molar-refractivity contribution < 1.29 is 0 Å². The van der Waals surface area contributed by atoms with Crippen molar-refractivity contribution in [2.24, 2.45) is 7.05 Å². The Morgan fingerprint density at radius 2 is 1.67 bits per heavy atom. The lowest BCUT2D eigenvalue weighted by atomic mass is 10.1. The smallest absolute Gasteiger partial charge is 0.165 e. The summed E-state index contributed by atoms with van der Waals surface area (Å²) in [4.78, 5) is 9.16. The van der Waals surface area contributed by atoms with E-state index in [4.69, 9.17) is 0 Å². The fraction of sp³-hybridized carbons (Fsp3) is 0.462. The van der Waals surface area contributed by atoms with Gasteiger partial charge in [-0.2, -0.15) is 5.10 Å². The molecule has 0 amide bonds. The van der Waals surface area contributed by atoms with Gasteiger partial charge in [0.1, 0.15) is 5.82 Å². The predicted octanol–water partition coefficient (Wildman–Crippen LogP) is 2.15. The Morgan fingerprint density at radius 3 is 2.17 bits per heavy atom. The normalized spacial score (nSPS) is 10.8. The molecule has 2 rings (SSSR count). The van der Waals surface area contributed by atoms with Crippen LogP contribution in [0.5, 0.6) is 0 Å². The van der Waals surface area contributed by atoms with Crippen molar-refractivity contribution in [3.8, 4) is 11.4 Å². The lowest BCUT2D eigenvalue weighted by Crippen LogP contribution is -2.03. The van der Waals surface area contributed by atoms with Crippen LogP contribution in [-0.4, -0.2) is 26.8 Å². The zero-order valence-electron chi connectivity index (χ0n) is 11.8. The van der Waals surface area contributed by atoms with Crippen LogP contribution in [0.3, 0.4) is 0 Å². The van der Waals surface area contributed by atoms with E-state index in [-0.39, 0.29) is 0 Å². The molecule has 0 fully saturated rings. The molecule has 1 N–H and O–H groups in total. The van der Waals surface area contributed by atoms with Gasteiger partial charge in [0.25, 0.3) is 0 Å². The maximum absolute atomic E-state index is 4.58. The zero-order chi connectivity index (χ0) is 13.4. The summed E-state index contributed by atoms with van der Waals surface area (Å²) in [6, 6.07) is 0. The summed E-state index contributed by atoms with van der Waals surface area (Å²) in [6.07, 6.45) is 0. The van der Waals surface area contributed by atoms with Gasteiger partial charge in [0.05, 0.1) is 11.3 Å². The molecule has 0 aliphatic heterocycles. The summed E-state index contributed by atoms with van der Waals surface area (Å²) < 4.78 is 1.86. The summed E-state index contributed by atoms with van der Waals surface area (Å²) in [6.45, 7) is 8.04. The number of nitrogens with one attached hydrogen (secondary N) is 1. The molecule has 0 aromatic carbocycles. The number of aryl methyl sites for hydroxylation is 3. The highest BCUT2D eigenvalue weighted by Crippen LogP contribution is 2.26. The maximum Gasteiger partial charge on any atom is 0.165 e. The molecular weight excluding hydrogens is 226 g/mol. The van der Waals surface area contributed by atoms with Gasteiger partial charge in [0.2, 0.25) is 0 Å². The fourth-order valence-corrected chi connectivity index (χ4v) is 2.08. The summed E-state index contributed by atoms with van der Waals surface area (Å²) in [7, 11) is 3.81. The Bertz CT molecular complexity index is 598. The van der Waals surface area contributed by atoms with Crippen LogP contribution in [0.1, 0.15) is 22.6 Å². The van der Waals surface area contributed by atoms with Crippen LogP contribution in [0.25, 0.3) is 11.4 Å². The lowest BCUT2D eigenvalue weighted by molar-refractivity contribution is 0.731. The van der Waals surface area contributed by atoms with Gasteiger partial charge in [-0.3, -0.25) is 4.68 Å². The number of aromatic nitrogens is 4. The zero-order valence-corrected chi connectivity index (χ0v) is 11.8. The van der Waals surface area contributed by atoms with Crippen LogP contribution in [0.15, 0.2) is 0 Å². The first-order valence-electron chi connectivity index (χ1n) is 5.99. The Labute approximate surface area is 107 Å². The molecule has 0 radical (unpaired) electrons. The Balaban J connectivity index is 2.68. The number of hydrogen-bond donors (Lipinski definition) is 1. The van der Waals surface area contributed by atoms with E-state index in [1.54, 1.807) is 0 Å². The molecule has 2 aromatic heterocycles. The molecule has 5 heteroatoms. The molecule has 0 aliphatic carbocycles. The van der Waals surface area contributed by atoms with Gasteiger partial charge in [-0.25, -0.2) is 9.97 Å². The average molecular weight is 245 g/mol. The van der Waals surface area contributed by atoms with Crippen molar-refractivity contribution in [2.75, 3.05) is 12.4 Å². The monoisotopic (exact) mass is 245 g/mol. The molecule has 18 heavy (non-hydrogen) atoms. The molecule has 5 nitrogen and oxygen atoms in total. The molecule has 0 aliphatic rings. The fourth-order valence-electron chi connectivity index (χ4n) is 2.08. The van der Waals surface area contributed by atoms with E-state index in [1.165, 1.54) is 0 Å². The largest absolute Gasteiger partial charge is 0.373 e. The van der Waals surface area contributed by atoms with Crippen LogP contribution in [0, 0.1) is 27.7 Å². The second-order valence-electron chi connectivity index (χ2n) is 4.53. The number of anilines is 1. The van der Waals surface area contributed by atoms with Crippen LogP contribution in [-0.2, 0) is 7.05 Å². The topological polar surface area (TPSA) is 55.6 Å². The van der Waals surface area contributed by atoms with Crippen molar-refractivity contribution in [1.29, 1.82) is 0 Å². The molecule has 0 bridgehead atoms. The summed E-state index contributed by atoms with van der Waals surface area (Å²) in [5.41, 5.74) is 5.14. The third-order valence-corrected chi connectivity index (χ3v) is 3.36. The molecule has 0 saturated heterocycles. The van der Waals surface area contributed by atoms with Gasteiger partial charge in [-0.15, -0.1) is 0 Å². The quantitative estimate of drug-likeness (QED) is 0.880. The standard InChI is InChI=1S/C13H19N5/c1-7-8(2)15-13(16-12(7)14-5)11-9(3)17-18(6)10(11)4/h1-6H3,(H,14,15,16). The second kappa shape index (κ2) is 4.40. The third-order valence-electron chi connectivity index (χ3n) is 3.36. The number of nitrogens with zero attached hydrogens (tertiary/aromatic N) is 4. The van der Waals surface area contributed by atoms with Crippen LogP contribution >= 0.6 is 0 Å². The number of hydrogen-bond acceptors (Lipinski definition) is 4. The second-order valence-corrected chi connectivity index (χ2v) is 4.53. The Kier molecular flexibility index (Phi) is 3.07. The van der Waals surface area contributed by atoms with Gasteiger partial charge in [0.15, 0.2) is 5.82 Å². The highest BCUT2D eigenvalue weighted by Gasteiger charge is 2.16. The van der Waals surface area contributed by atoms with Gasteiger partial charge in [0, 0.05) is 31.0 Å². The Morgan fingerprint density at radius 1 is 1.00 bits per heavy atom.